The summed E-state index contributed by atoms with van der Waals surface area (Å²) in [5, 5.41) is 14.5. The Morgan fingerprint density at radius 1 is 1.26 bits per heavy atom. The van der Waals surface area contributed by atoms with E-state index in [1.807, 2.05) is 18.2 Å². The highest BCUT2D eigenvalue weighted by Gasteiger charge is 2.20. The molecule has 0 bridgehead atoms. The highest BCUT2D eigenvalue weighted by Crippen LogP contribution is 2.28. The number of rotatable bonds is 5. The van der Waals surface area contributed by atoms with Crippen LogP contribution in [0.1, 0.15) is 20.8 Å². The number of carbonyl (C=O) groups is 1. The van der Waals surface area contributed by atoms with E-state index in [0.717, 1.165) is 16.9 Å². The van der Waals surface area contributed by atoms with Crippen LogP contribution in [0, 0.1) is 17.0 Å². The molecule has 0 spiro atoms. The largest absolute Gasteiger partial charge is 0.321 e. The second kappa shape index (κ2) is 8.29. The molecule has 2 aromatic heterocycles. The van der Waals surface area contributed by atoms with Gasteiger partial charge in [-0.2, -0.15) is 0 Å². The average Bonchev–Trinajstić information content (AvgIpc) is 3.09. The van der Waals surface area contributed by atoms with Gasteiger partial charge in [-0.15, -0.1) is 11.3 Å². The number of nitrogens with one attached hydrogen (secondary N) is 1. The first-order chi connectivity index (χ1) is 14.8. The van der Waals surface area contributed by atoms with Crippen molar-refractivity contribution in [2.45, 2.75) is 13.5 Å². The van der Waals surface area contributed by atoms with Gasteiger partial charge in [0.1, 0.15) is 4.83 Å². The van der Waals surface area contributed by atoms with Crippen LogP contribution in [0.2, 0.25) is 5.02 Å². The van der Waals surface area contributed by atoms with Crippen LogP contribution >= 0.6 is 22.9 Å². The van der Waals surface area contributed by atoms with Crippen LogP contribution in [0.4, 0.5) is 11.4 Å². The number of nitro groups is 1. The summed E-state index contributed by atoms with van der Waals surface area (Å²) >= 11 is 7.30. The summed E-state index contributed by atoms with van der Waals surface area (Å²) in [5.41, 5.74) is 1.18. The molecule has 8 nitrogen and oxygen atoms in total. The molecule has 31 heavy (non-hydrogen) atoms. The molecule has 2 heterocycles. The summed E-state index contributed by atoms with van der Waals surface area (Å²) < 4.78 is 1.45. The predicted molar refractivity (Wildman–Crippen MR) is 120 cm³/mol. The second-order valence-corrected chi connectivity index (χ2v) is 8.17. The van der Waals surface area contributed by atoms with Crippen molar-refractivity contribution in [1.29, 1.82) is 0 Å². The summed E-state index contributed by atoms with van der Waals surface area (Å²) in [6, 6.07) is 12.9. The van der Waals surface area contributed by atoms with Crippen LogP contribution in [-0.2, 0) is 6.54 Å². The minimum absolute atomic E-state index is 0.130. The molecular formula is C21H15ClN4O4S. The Balaban J connectivity index is 1.68. The molecular weight excluding hydrogens is 440 g/mol. The van der Waals surface area contributed by atoms with Crippen molar-refractivity contribution in [3.8, 4) is 0 Å². The van der Waals surface area contributed by atoms with Gasteiger partial charge in [0.15, 0.2) is 0 Å². The number of nitro benzene ring substituents is 1. The van der Waals surface area contributed by atoms with Crippen molar-refractivity contribution in [3.63, 3.8) is 0 Å². The summed E-state index contributed by atoms with van der Waals surface area (Å²) in [4.78, 5) is 41.4. The van der Waals surface area contributed by atoms with E-state index >= 15 is 0 Å². The fraction of sp³-hybridized carbons (Fsp3) is 0.0952. The number of hydrogen-bond acceptors (Lipinski definition) is 6. The minimum atomic E-state index is -0.536. The van der Waals surface area contributed by atoms with Gasteiger partial charge in [-0.25, -0.2) is 4.98 Å². The van der Waals surface area contributed by atoms with Crippen LogP contribution in [-0.4, -0.2) is 20.4 Å². The van der Waals surface area contributed by atoms with Gasteiger partial charge < -0.3 is 5.32 Å². The van der Waals surface area contributed by atoms with E-state index in [-0.39, 0.29) is 17.8 Å². The Bertz CT molecular complexity index is 1400. The van der Waals surface area contributed by atoms with E-state index in [1.165, 1.54) is 29.1 Å². The Morgan fingerprint density at radius 3 is 2.77 bits per heavy atom. The van der Waals surface area contributed by atoms with Crippen molar-refractivity contribution in [2.24, 2.45) is 0 Å². The number of fused-ring (bicyclic) bond motifs is 1. The van der Waals surface area contributed by atoms with Crippen molar-refractivity contribution < 1.29 is 9.72 Å². The number of carbonyl (C=O) groups excluding carboxylic acids is 1. The first-order valence-corrected chi connectivity index (χ1v) is 10.3. The number of anilines is 1. The SMILES string of the molecule is Cc1c(C(=O)Nc2cccc([N+](=O)[O-])c2)sc2ncn(Cc3ccccc3Cl)c(=O)c12. The van der Waals surface area contributed by atoms with Crippen LogP contribution in [0.25, 0.3) is 10.2 Å². The molecule has 1 amide bonds. The average molecular weight is 455 g/mol. The first-order valence-electron chi connectivity index (χ1n) is 9.13. The number of nitrogens with zero attached hydrogens (tertiary/aromatic N) is 3. The normalized spacial score (nSPS) is 10.9. The summed E-state index contributed by atoms with van der Waals surface area (Å²) in [5.74, 6) is -0.460. The lowest BCUT2D eigenvalue weighted by atomic mass is 10.2. The third-order valence-electron chi connectivity index (χ3n) is 4.74. The zero-order chi connectivity index (χ0) is 22.1. The van der Waals surface area contributed by atoms with Crippen molar-refractivity contribution >= 4 is 50.4 Å². The Morgan fingerprint density at radius 2 is 2.03 bits per heavy atom. The van der Waals surface area contributed by atoms with Gasteiger partial charge >= 0.3 is 0 Å². The van der Waals surface area contributed by atoms with Gasteiger partial charge in [0.25, 0.3) is 17.2 Å². The number of amides is 1. The Hall–Kier alpha value is -3.56. The van der Waals surface area contributed by atoms with Crippen molar-refractivity contribution in [2.75, 3.05) is 5.32 Å². The zero-order valence-corrected chi connectivity index (χ0v) is 17.7. The van der Waals surface area contributed by atoms with E-state index in [4.69, 9.17) is 11.6 Å². The molecule has 0 saturated heterocycles. The number of aromatic nitrogens is 2. The summed E-state index contributed by atoms with van der Waals surface area (Å²) in [7, 11) is 0. The number of thiophene rings is 1. The fourth-order valence-electron chi connectivity index (χ4n) is 3.18. The highest BCUT2D eigenvalue weighted by molar-refractivity contribution is 7.20. The molecule has 156 valence electrons. The summed E-state index contributed by atoms with van der Waals surface area (Å²) in [6.07, 6.45) is 1.44. The van der Waals surface area contributed by atoms with E-state index in [0.29, 0.717) is 31.4 Å². The molecule has 0 atom stereocenters. The monoisotopic (exact) mass is 454 g/mol. The van der Waals surface area contributed by atoms with Crippen LogP contribution in [0.15, 0.2) is 59.7 Å². The Labute approximate surface area is 184 Å². The van der Waals surface area contributed by atoms with Gasteiger partial charge in [0, 0.05) is 22.8 Å². The lowest BCUT2D eigenvalue weighted by Crippen LogP contribution is -2.21. The van der Waals surface area contributed by atoms with E-state index < -0.39 is 10.8 Å². The molecule has 2 aromatic carbocycles. The third kappa shape index (κ3) is 4.05. The van der Waals surface area contributed by atoms with Gasteiger partial charge in [-0.05, 0) is 30.2 Å². The first kappa shape index (κ1) is 20.7. The molecule has 0 saturated carbocycles. The van der Waals surface area contributed by atoms with Crippen molar-refractivity contribution in [3.05, 3.63) is 96.4 Å². The van der Waals surface area contributed by atoms with Gasteiger partial charge in [0.2, 0.25) is 0 Å². The number of hydrogen-bond donors (Lipinski definition) is 1. The number of halogens is 1. The standard InChI is InChI=1S/C21H15ClN4O4S/c1-12-17-20(23-11-25(21(17)28)10-13-5-2-3-8-16(13)22)31-18(12)19(27)24-14-6-4-7-15(9-14)26(29)30/h2-9,11H,10H2,1H3,(H,24,27). The maximum absolute atomic E-state index is 13.1. The lowest BCUT2D eigenvalue weighted by Gasteiger charge is -2.07. The molecule has 0 fully saturated rings. The quantitative estimate of drug-likeness (QED) is 0.349. The van der Waals surface area contributed by atoms with Crippen LogP contribution in [0.3, 0.4) is 0 Å². The topological polar surface area (TPSA) is 107 Å². The van der Waals surface area contributed by atoms with E-state index in [9.17, 15) is 19.7 Å². The maximum atomic E-state index is 13.1. The molecule has 0 aliphatic rings. The molecule has 4 rings (SSSR count). The molecule has 0 aliphatic carbocycles. The maximum Gasteiger partial charge on any atom is 0.271 e. The predicted octanol–water partition coefficient (Wildman–Crippen LogP) is 4.63. The second-order valence-electron chi connectivity index (χ2n) is 6.77. The lowest BCUT2D eigenvalue weighted by molar-refractivity contribution is -0.384. The van der Waals surface area contributed by atoms with Crippen LogP contribution < -0.4 is 10.9 Å². The number of non-ortho nitro benzene ring substituents is 1. The number of benzene rings is 2. The molecule has 10 heteroatoms. The smallest absolute Gasteiger partial charge is 0.271 e. The zero-order valence-electron chi connectivity index (χ0n) is 16.2. The summed E-state index contributed by atoms with van der Waals surface area (Å²) in [6.45, 7) is 1.94. The molecule has 0 unspecified atom stereocenters. The third-order valence-corrected chi connectivity index (χ3v) is 6.30. The van der Waals surface area contributed by atoms with E-state index in [2.05, 4.69) is 10.3 Å². The van der Waals surface area contributed by atoms with E-state index in [1.54, 1.807) is 19.1 Å². The highest BCUT2D eigenvalue weighted by atomic mass is 35.5. The van der Waals surface area contributed by atoms with Gasteiger partial charge in [-0.3, -0.25) is 24.3 Å². The minimum Gasteiger partial charge on any atom is -0.321 e. The van der Waals surface area contributed by atoms with Gasteiger partial charge in [-0.1, -0.05) is 35.9 Å². The fourth-order valence-corrected chi connectivity index (χ4v) is 4.41. The molecule has 1 N–H and O–H groups in total. The van der Waals surface area contributed by atoms with Crippen molar-refractivity contribution in [1.82, 2.24) is 9.55 Å². The number of aryl methyl sites for hydroxylation is 1. The Kier molecular flexibility index (Phi) is 5.53. The van der Waals surface area contributed by atoms with Crippen LogP contribution in [0.5, 0.6) is 0 Å². The molecule has 0 aliphatic heterocycles. The van der Waals surface area contributed by atoms with Gasteiger partial charge in [0.05, 0.1) is 28.1 Å². The molecule has 0 radical (unpaired) electrons. The molecule has 4 aromatic rings.